The number of hydrogen-bond acceptors (Lipinski definition) is 2. The summed E-state index contributed by atoms with van der Waals surface area (Å²) in [6.07, 6.45) is 4.18. The molecular formula is C12H13NO. The first-order valence-corrected chi connectivity index (χ1v) is 4.79. The van der Waals surface area contributed by atoms with Crippen molar-refractivity contribution in [2.24, 2.45) is 5.73 Å². The molecule has 0 fully saturated rings. The third-order valence-corrected chi connectivity index (χ3v) is 2.71. The second-order valence-electron chi connectivity index (χ2n) is 3.57. The summed E-state index contributed by atoms with van der Waals surface area (Å²) in [5, 5.41) is 0. The summed E-state index contributed by atoms with van der Waals surface area (Å²) in [7, 11) is 0. The highest BCUT2D eigenvalue weighted by Gasteiger charge is 2.36. The van der Waals surface area contributed by atoms with E-state index < -0.39 is 5.54 Å². The SMILES string of the molecule is CCC(=O)[C@@]1(N)C=Cc2ccccc21. The van der Waals surface area contributed by atoms with Gasteiger partial charge in [-0.1, -0.05) is 43.3 Å². The minimum atomic E-state index is -0.884. The van der Waals surface area contributed by atoms with Crippen molar-refractivity contribution in [1.29, 1.82) is 0 Å². The molecule has 1 aromatic carbocycles. The highest BCUT2D eigenvalue weighted by molar-refractivity contribution is 5.95. The van der Waals surface area contributed by atoms with Crippen LogP contribution in [0.1, 0.15) is 24.5 Å². The summed E-state index contributed by atoms with van der Waals surface area (Å²) < 4.78 is 0. The van der Waals surface area contributed by atoms with E-state index in [-0.39, 0.29) is 5.78 Å². The Hall–Kier alpha value is -1.41. The number of carbonyl (C=O) groups is 1. The zero-order valence-electron chi connectivity index (χ0n) is 8.16. The lowest BCUT2D eigenvalue weighted by atomic mass is 9.88. The van der Waals surface area contributed by atoms with Crippen LogP contribution in [-0.4, -0.2) is 5.78 Å². The van der Waals surface area contributed by atoms with Crippen molar-refractivity contribution in [2.45, 2.75) is 18.9 Å². The summed E-state index contributed by atoms with van der Waals surface area (Å²) in [6, 6.07) is 7.76. The Morgan fingerprint density at radius 3 is 2.86 bits per heavy atom. The van der Waals surface area contributed by atoms with Crippen molar-refractivity contribution in [3.05, 3.63) is 41.5 Å². The van der Waals surface area contributed by atoms with Crippen molar-refractivity contribution in [2.75, 3.05) is 0 Å². The Bertz CT molecular complexity index is 409. The largest absolute Gasteiger partial charge is 0.312 e. The first-order valence-electron chi connectivity index (χ1n) is 4.79. The summed E-state index contributed by atoms with van der Waals surface area (Å²) in [5.41, 5.74) is 7.18. The van der Waals surface area contributed by atoms with Crippen LogP contribution in [0.5, 0.6) is 0 Å². The number of carbonyl (C=O) groups excluding carboxylic acids is 1. The van der Waals surface area contributed by atoms with Crippen LogP contribution in [0, 0.1) is 0 Å². The number of hydrogen-bond donors (Lipinski definition) is 1. The van der Waals surface area contributed by atoms with E-state index in [1.807, 2.05) is 37.3 Å². The predicted octanol–water partition coefficient (Wildman–Crippen LogP) is 1.85. The van der Waals surface area contributed by atoms with Crippen LogP contribution in [0.15, 0.2) is 30.3 Å². The van der Waals surface area contributed by atoms with Gasteiger partial charge in [-0.15, -0.1) is 0 Å². The number of benzene rings is 1. The molecule has 0 unspecified atom stereocenters. The Labute approximate surface area is 83.4 Å². The number of nitrogens with two attached hydrogens (primary N) is 1. The summed E-state index contributed by atoms with van der Waals surface area (Å²) in [5.74, 6) is 0.0682. The third-order valence-electron chi connectivity index (χ3n) is 2.71. The molecular weight excluding hydrogens is 174 g/mol. The summed E-state index contributed by atoms with van der Waals surface area (Å²) in [4.78, 5) is 11.7. The molecule has 0 amide bonds. The Morgan fingerprint density at radius 1 is 1.43 bits per heavy atom. The molecule has 0 saturated heterocycles. The molecule has 1 aliphatic rings. The lowest BCUT2D eigenvalue weighted by molar-refractivity contribution is -0.122. The average Bonchev–Trinajstić information content (AvgIpc) is 2.58. The second kappa shape index (κ2) is 3.07. The molecule has 1 aliphatic carbocycles. The number of ketones is 1. The maximum atomic E-state index is 11.7. The zero-order chi connectivity index (χ0) is 10.2. The first kappa shape index (κ1) is 9.16. The van der Waals surface area contributed by atoms with Crippen LogP contribution in [0.4, 0.5) is 0 Å². The van der Waals surface area contributed by atoms with Gasteiger partial charge in [-0.05, 0) is 11.1 Å². The summed E-state index contributed by atoms with van der Waals surface area (Å²) >= 11 is 0. The van der Waals surface area contributed by atoms with E-state index in [9.17, 15) is 4.79 Å². The first-order chi connectivity index (χ1) is 6.68. The fourth-order valence-electron chi connectivity index (χ4n) is 1.87. The van der Waals surface area contributed by atoms with E-state index in [1.165, 1.54) is 0 Å². The number of Topliss-reactive ketones (excluding diaryl/α,β-unsaturated/α-hetero) is 1. The van der Waals surface area contributed by atoms with Gasteiger partial charge in [0.25, 0.3) is 0 Å². The smallest absolute Gasteiger partial charge is 0.160 e. The van der Waals surface area contributed by atoms with Crippen LogP contribution in [0.2, 0.25) is 0 Å². The predicted molar refractivity (Wildman–Crippen MR) is 56.6 cm³/mol. The maximum absolute atomic E-state index is 11.7. The van der Waals surface area contributed by atoms with Crippen molar-refractivity contribution in [1.82, 2.24) is 0 Å². The standard InChI is InChI=1S/C12H13NO/c1-2-11(14)12(13)8-7-9-5-3-4-6-10(9)12/h3-8H,2,13H2,1H3/t12-/m1/s1. The minimum Gasteiger partial charge on any atom is -0.312 e. The van der Waals surface area contributed by atoms with Crippen LogP contribution < -0.4 is 5.73 Å². The van der Waals surface area contributed by atoms with Gasteiger partial charge < -0.3 is 5.73 Å². The van der Waals surface area contributed by atoms with E-state index in [4.69, 9.17) is 5.73 Å². The number of fused-ring (bicyclic) bond motifs is 1. The molecule has 0 bridgehead atoms. The molecule has 0 spiro atoms. The minimum absolute atomic E-state index is 0.0682. The molecule has 0 aliphatic heterocycles. The van der Waals surface area contributed by atoms with E-state index >= 15 is 0 Å². The molecule has 14 heavy (non-hydrogen) atoms. The fourth-order valence-corrected chi connectivity index (χ4v) is 1.87. The molecule has 0 saturated carbocycles. The van der Waals surface area contributed by atoms with Gasteiger partial charge in [-0.3, -0.25) is 4.79 Å². The molecule has 2 nitrogen and oxygen atoms in total. The molecule has 2 rings (SSSR count). The van der Waals surface area contributed by atoms with Crippen LogP contribution in [0.25, 0.3) is 6.08 Å². The van der Waals surface area contributed by atoms with Crippen LogP contribution in [0.3, 0.4) is 0 Å². The van der Waals surface area contributed by atoms with Gasteiger partial charge in [0.05, 0.1) is 0 Å². The second-order valence-corrected chi connectivity index (χ2v) is 3.57. The lowest BCUT2D eigenvalue weighted by Gasteiger charge is -2.21. The van der Waals surface area contributed by atoms with E-state index in [0.29, 0.717) is 6.42 Å². The highest BCUT2D eigenvalue weighted by Crippen LogP contribution is 2.32. The monoisotopic (exact) mass is 187 g/mol. The van der Waals surface area contributed by atoms with Gasteiger partial charge >= 0.3 is 0 Å². The molecule has 1 atom stereocenters. The maximum Gasteiger partial charge on any atom is 0.160 e. The summed E-state index contributed by atoms with van der Waals surface area (Å²) in [6.45, 7) is 1.84. The molecule has 1 aromatic rings. The van der Waals surface area contributed by atoms with Gasteiger partial charge in [0.1, 0.15) is 5.54 Å². The molecule has 0 aromatic heterocycles. The van der Waals surface area contributed by atoms with E-state index in [0.717, 1.165) is 11.1 Å². The highest BCUT2D eigenvalue weighted by atomic mass is 16.1. The normalized spacial score (nSPS) is 23.6. The quantitative estimate of drug-likeness (QED) is 0.767. The number of rotatable bonds is 2. The molecule has 0 radical (unpaired) electrons. The van der Waals surface area contributed by atoms with Gasteiger partial charge in [0, 0.05) is 6.42 Å². The topological polar surface area (TPSA) is 43.1 Å². The van der Waals surface area contributed by atoms with Crippen molar-refractivity contribution in [3.8, 4) is 0 Å². The van der Waals surface area contributed by atoms with Gasteiger partial charge in [0.15, 0.2) is 5.78 Å². The van der Waals surface area contributed by atoms with E-state index in [2.05, 4.69) is 0 Å². The third kappa shape index (κ3) is 1.11. The van der Waals surface area contributed by atoms with Crippen molar-refractivity contribution in [3.63, 3.8) is 0 Å². The Balaban J connectivity index is 2.52. The van der Waals surface area contributed by atoms with Crippen LogP contribution >= 0.6 is 0 Å². The zero-order valence-corrected chi connectivity index (χ0v) is 8.16. The van der Waals surface area contributed by atoms with Crippen LogP contribution in [-0.2, 0) is 10.3 Å². The van der Waals surface area contributed by atoms with Gasteiger partial charge in [0.2, 0.25) is 0 Å². The Kier molecular flexibility index (Phi) is 2.01. The molecule has 2 N–H and O–H groups in total. The van der Waals surface area contributed by atoms with E-state index in [1.54, 1.807) is 6.08 Å². The average molecular weight is 187 g/mol. The fraction of sp³-hybridized carbons (Fsp3) is 0.250. The van der Waals surface area contributed by atoms with Gasteiger partial charge in [-0.2, -0.15) is 0 Å². The van der Waals surface area contributed by atoms with Gasteiger partial charge in [-0.25, -0.2) is 0 Å². The Morgan fingerprint density at radius 2 is 2.14 bits per heavy atom. The van der Waals surface area contributed by atoms with Crippen molar-refractivity contribution < 1.29 is 4.79 Å². The molecule has 0 heterocycles. The molecule has 2 heteroatoms. The lowest BCUT2D eigenvalue weighted by Crippen LogP contribution is -2.41. The van der Waals surface area contributed by atoms with Crippen molar-refractivity contribution >= 4 is 11.9 Å². The molecule has 72 valence electrons.